The van der Waals surface area contributed by atoms with Crippen molar-refractivity contribution in [1.29, 1.82) is 0 Å². The Hall–Kier alpha value is -1.43. The normalized spacial score (nSPS) is 17.6. The van der Waals surface area contributed by atoms with Gasteiger partial charge < -0.3 is 14.2 Å². The highest BCUT2D eigenvalue weighted by atomic mass is 16.6. The zero-order valence-corrected chi connectivity index (χ0v) is 13.8. The molecule has 0 aliphatic carbocycles. The number of Topliss-reactive ketones (excluding diaryl/α,β-unsaturated/α-hetero) is 1. The summed E-state index contributed by atoms with van der Waals surface area (Å²) >= 11 is 0. The Morgan fingerprint density at radius 2 is 1.77 bits per heavy atom. The van der Waals surface area contributed by atoms with Crippen molar-refractivity contribution in [2.45, 2.75) is 52.6 Å². The molecule has 1 fully saturated rings. The number of hydrogen-bond acceptors (Lipinski definition) is 6. The molecule has 0 aromatic carbocycles. The van der Waals surface area contributed by atoms with Crippen molar-refractivity contribution in [2.24, 2.45) is 11.8 Å². The fourth-order valence-electron chi connectivity index (χ4n) is 2.40. The molecule has 0 aromatic heterocycles. The van der Waals surface area contributed by atoms with Crippen LogP contribution >= 0.6 is 0 Å². The molecule has 0 saturated carbocycles. The van der Waals surface area contributed by atoms with Crippen LogP contribution < -0.4 is 0 Å². The average Bonchev–Trinajstić information content (AvgIpc) is 2.41. The van der Waals surface area contributed by atoms with E-state index in [2.05, 4.69) is 0 Å². The molecular formula is C16H26O6. The van der Waals surface area contributed by atoms with Gasteiger partial charge in [0.2, 0.25) is 0 Å². The lowest BCUT2D eigenvalue weighted by Crippen LogP contribution is -2.34. The first-order valence-electron chi connectivity index (χ1n) is 7.64. The van der Waals surface area contributed by atoms with Crippen LogP contribution in [0.3, 0.4) is 0 Å². The predicted molar refractivity (Wildman–Crippen MR) is 79.1 cm³/mol. The SMILES string of the molecule is CC(=O)COC(=O)[C@H](CC(=O)OC(C)(C)C)C1CCOCC1. The van der Waals surface area contributed by atoms with Gasteiger partial charge in [-0.25, -0.2) is 0 Å². The quantitative estimate of drug-likeness (QED) is 0.697. The van der Waals surface area contributed by atoms with E-state index in [1.165, 1.54) is 6.92 Å². The molecule has 6 nitrogen and oxygen atoms in total. The van der Waals surface area contributed by atoms with Crippen molar-refractivity contribution in [3.05, 3.63) is 0 Å². The fourth-order valence-corrected chi connectivity index (χ4v) is 2.40. The molecule has 0 unspecified atom stereocenters. The first-order valence-corrected chi connectivity index (χ1v) is 7.64. The van der Waals surface area contributed by atoms with Gasteiger partial charge in [0.15, 0.2) is 5.78 Å². The Kier molecular flexibility index (Phi) is 7.00. The summed E-state index contributed by atoms with van der Waals surface area (Å²) in [5.74, 6) is -1.73. The minimum atomic E-state index is -0.597. The van der Waals surface area contributed by atoms with Crippen LogP contribution in [0, 0.1) is 11.8 Å². The number of esters is 2. The third kappa shape index (κ3) is 7.02. The zero-order valence-electron chi connectivity index (χ0n) is 13.8. The fraction of sp³-hybridized carbons (Fsp3) is 0.812. The number of ketones is 1. The van der Waals surface area contributed by atoms with Crippen LogP contribution in [0.5, 0.6) is 0 Å². The van der Waals surface area contributed by atoms with Gasteiger partial charge >= 0.3 is 11.9 Å². The predicted octanol–water partition coefficient (Wildman–Crippen LogP) is 1.89. The smallest absolute Gasteiger partial charge is 0.310 e. The number of rotatable bonds is 6. The van der Waals surface area contributed by atoms with Crippen LogP contribution in [0.1, 0.15) is 47.0 Å². The molecule has 0 aromatic rings. The molecule has 1 rings (SSSR count). The summed E-state index contributed by atoms with van der Waals surface area (Å²) in [4.78, 5) is 35.2. The third-order valence-corrected chi connectivity index (χ3v) is 3.36. The molecule has 0 spiro atoms. The molecule has 0 N–H and O–H groups in total. The van der Waals surface area contributed by atoms with Gasteiger partial charge in [-0.1, -0.05) is 0 Å². The maximum atomic E-state index is 12.2. The molecule has 1 aliphatic rings. The van der Waals surface area contributed by atoms with E-state index < -0.39 is 23.5 Å². The van der Waals surface area contributed by atoms with E-state index in [4.69, 9.17) is 14.2 Å². The summed E-state index contributed by atoms with van der Waals surface area (Å²) in [6.07, 6.45) is 1.37. The van der Waals surface area contributed by atoms with Crippen molar-refractivity contribution >= 4 is 17.7 Å². The lowest BCUT2D eigenvalue weighted by atomic mass is 9.84. The molecule has 1 aliphatic heterocycles. The average molecular weight is 314 g/mol. The molecule has 0 radical (unpaired) electrons. The standard InChI is InChI=1S/C16H26O6/c1-11(17)10-21-15(19)13(12-5-7-20-8-6-12)9-14(18)22-16(2,3)4/h12-13H,5-10H2,1-4H3/t13-/m1/s1. The second-order valence-corrected chi connectivity index (χ2v) is 6.66. The van der Waals surface area contributed by atoms with Gasteiger partial charge in [-0.2, -0.15) is 0 Å². The minimum Gasteiger partial charge on any atom is -0.460 e. The van der Waals surface area contributed by atoms with Crippen molar-refractivity contribution in [3.63, 3.8) is 0 Å². The first-order chi connectivity index (χ1) is 10.2. The van der Waals surface area contributed by atoms with Crippen molar-refractivity contribution < 1.29 is 28.6 Å². The van der Waals surface area contributed by atoms with Gasteiger partial charge in [0, 0.05) is 13.2 Å². The van der Waals surface area contributed by atoms with Gasteiger partial charge in [-0.15, -0.1) is 0 Å². The Bertz CT molecular complexity index is 403. The van der Waals surface area contributed by atoms with E-state index in [9.17, 15) is 14.4 Å². The number of hydrogen-bond donors (Lipinski definition) is 0. The third-order valence-electron chi connectivity index (χ3n) is 3.36. The van der Waals surface area contributed by atoms with Crippen LogP contribution in [-0.2, 0) is 28.6 Å². The summed E-state index contributed by atoms with van der Waals surface area (Å²) in [5, 5.41) is 0. The first kappa shape index (κ1) is 18.6. The van der Waals surface area contributed by atoms with E-state index in [1.54, 1.807) is 20.8 Å². The van der Waals surface area contributed by atoms with E-state index in [1.807, 2.05) is 0 Å². The second-order valence-electron chi connectivity index (χ2n) is 6.66. The van der Waals surface area contributed by atoms with Crippen LogP contribution in [0.4, 0.5) is 0 Å². The van der Waals surface area contributed by atoms with Gasteiger partial charge in [0.05, 0.1) is 12.3 Å². The van der Waals surface area contributed by atoms with Gasteiger partial charge in [0.1, 0.15) is 12.2 Å². The molecule has 126 valence electrons. The van der Waals surface area contributed by atoms with Crippen molar-refractivity contribution in [3.8, 4) is 0 Å². The highest BCUT2D eigenvalue weighted by Gasteiger charge is 2.34. The minimum absolute atomic E-state index is 0.0146. The highest BCUT2D eigenvalue weighted by Crippen LogP contribution is 2.28. The monoisotopic (exact) mass is 314 g/mol. The number of carbonyl (C=O) groups is 3. The lowest BCUT2D eigenvalue weighted by molar-refractivity contribution is -0.164. The maximum absolute atomic E-state index is 12.2. The van der Waals surface area contributed by atoms with Crippen LogP contribution in [0.2, 0.25) is 0 Å². The topological polar surface area (TPSA) is 78.9 Å². The van der Waals surface area contributed by atoms with E-state index >= 15 is 0 Å². The van der Waals surface area contributed by atoms with Gasteiger partial charge in [0.25, 0.3) is 0 Å². The highest BCUT2D eigenvalue weighted by molar-refractivity contribution is 5.83. The maximum Gasteiger partial charge on any atom is 0.310 e. The second kappa shape index (κ2) is 8.27. The van der Waals surface area contributed by atoms with Crippen molar-refractivity contribution in [2.75, 3.05) is 19.8 Å². The number of carbonyl (C=O) groups excluding carboxylic acids is 3. The molecule has 0 amide bonds. The Morgan fingerprint density at radius 3 is 2.27 bits per heavy atom. The lowest BCUT2D eigenvalue weighted by Gasteiger charge is -2.29. The van der Waals surface area contributed by atoms with E-state index in [0.29, 0.717) is 26.1 Å². The van der Waals surface area contributed by atoms with E-state index in [0.717, 1.165) is 0 Å². The molecule has 0 bridgehead atoms. The van der Waals surface area contributed by atoms with Gasteiger partial charge in [-0.3, -0.25) is 14.4 Å². The number of ether oxygens (including phenoxy) is 3. The Labute approximate surface area is 131 Å². The van der Waals surface area contributed by atoms with Crippen LogP contribution in [-0.4, -0.2) is 43.1 Å². The summed E-state index contributed by atoms with van der Waals surface area (Å²) < 4.78 is 15.6. The molecule has 1 heterocycles. The molecule has 1 saturated heterocycles. The summed E-state index contributed by atoms with van der Waals surface area (Å²) in [6.45, 7) is 7.57. The Morgan fingerprint density at radius 1 is 1.18 bits per heavy atom. The van der Waals surface area contributed by atoms with Crippen molar-refractivity contribution in [1.82, 2.24) is 0 Å². The molecule has 6 heteroatoms. The summed E-state index contributed by atoms with van der Waals surface area (Å²) in [6, 6.07) is 0. The van der Waals surface area contributed by atoms with Crippen LogP contribution in [0.25, 0.3) is 0 Å². The zero-order chi connectivity index (χ0) is 16.8. The summed E-state index contributed by atoms with van der Waals surface area (Å²) in [5.41, 5.74) is -0.597. The molecular weight excluding hydrogens is 288 g/mol. The summed E-state index contributed by atoms with van der Waals surface area (Å²) in [7, 11) is 0. The van der Waals surface area contributed by atoms with Gasteiger partial charge in [-0.05, 0) is 46.5 Å². The van der Waals surface area contributed by atoms with Crippen LogP contribution in [0.15, 0.2) is 0 Å². The molecule has 22 heavy (non-hydrogen) atoms. The van der Waals surface area contributed by atoms with E-state index in [-0.39, 0.29) is 24.7 Å². The largest absolute Gasteiger partial charge is 0.460 e. The molecule has 1 atom stereocenters. The Balaban J connectivity index is 2.70.